The summed E-state index contributed by atoms with van der Waals surface area (Å²) in [7, 11) is 3.34. The van der Waals surface area contributed by atoms with Crippen molar-refractivity contribution >= 4 is 17.7 Å². The summed E-state index contributed by atoms with van der Waals surface area (Å²) in [6.07, 6.45) is 6.68. The van der Waals surface area contributed by atoms with E-state index < -0.39 is 0 Å². The number of rotatable bonds is 6. The molecule has 26 heavy (non-hydrogen) atoms. The van der Waals surface area contributed by atoms with Crippen LogP contribution in [0.4, 0.5) is 0 Å². The van der Waals surface area contributed by atoms with Crippen LogP contribution < -0.4 is 10.6 Å². The monoisotopic (exact) mass is 367 g/mol. The SMILES string of the molecule is COCCNC(=O)[C@@H]1CCC[C@@H](NC(=O)C2CCCC2)CN(C)C(=O)C1. The second-order valence-electron chi connectivity index (χ2n) is 7.58. The molecule has 2 N–H and O–H groups in total. The zero-order chi connectivity index (χ0) is 18.9. The van der Waals surface area contributed by atoms with Gasteiger partial charge >= 0.3 is 0 Å². The molecule has 2 fully saturated rings. The number of ether oxygens (including phenoxy) is 1. The second-order valence-corrected chi connectivity index (χ2v) is 7.58. The first-order valence-electron chi connectivity index (χ1n) is 9.82. The smallest absolute Gasteiger partial charge is 0.223 e. The van der Waals surface area contributed by atoms with Gasteiger partial charge in [-0.15, -0.1) is 0 Å². The van der Waals surface area contributed by atoms with E-state index in [-0.39, 0.29) is 42.0 Å². The zero-order valence-electron chi connectivity index (χ0n) is 16.1. The van der Waals surface area contributed by atoms with Crippen LogP contribution >= 0.6 is 0 Å². The molecule has 1 saturated carbocycles. The summed E-state index contributed by atoms with van der Waals surface area (Å²) < 4.78 is 4.95. The lowest BCUT2D eigenvalue weighted by Gasteiger charge is -2.25. The lowest BCUT2D eigenvalue weighted by Crippen LogP contribution is -2.45. The molecule has 7 nitrogen and oxygen atoms in total. The number of methoxy groups -OCH3 is 1. The van der Waals surface area contributed by atoms with Gasteiger partial charge in [0, 0.05) is 51.5 Å². The van der Waals surface area contributed by atoms with Crippen molar-refractivity contribution in [1.29, 1.82) is 0 Å². The van der Waals surface area contributed by atoms with E-state index in [1.54, 1.807) is 19.1 Å². The minimum Gasteiger partial charge on any atom is -0.383 e. The normalized spacial score (nSPS) is 25.3. The van der Waals surface area contributed by atoms with Crippen molar-refractivity contribution in [3.05, 3.63) is 0 Å². The maximum absolute atomic E-state index is 12.5. The van der Waals surface area contributed by atoms with Crippen LogP contribution in [0.2, 0.25) is 0 Å². The molecule has 0 aromatic rings. The highest BCUT2D eigenvalue weighted by Crippen LogP contribution is 2.25. The Morgan fingerprint density at radius 2 is 1.77 bits per heavy atom. The Hall–Kier alpha value is -1.63. The van der Waals surface area contributed by atoms with E-state index in [0.29, 0.717) is 26.1 Å². The van der Waals surface area contributed by atoms with E-state index in [1.807, 2.05) is 0 Å². The minimum atomic E-state index is -0.314. The van der Waals surface area contributed by atoms with Crippen LogP contribution in [-0.4, -0.2) is 62.5 Å². The molecule has 0 bridgehead atoms. The summed E-state index contributed by atoms with van der Waals surface area (Å²) in [5.74, 6) is -0.188. The maximum Gasteiger partial charge on any atom is 0.223 e. The fourth-order valence-corrected chi connectivity index (χ4v) is 3.87. The maximum atomic E-state index is 12.5. The van der Waals surface area contributed by atoms with Gasteiger partial charge in [0.25, 0.3) is 0 Å². The van der Waals surface area contributed by atoms with Crippen molar-refractivity contribution in [3.63, 3.8) is 0 Å². The number of carbonyl (C=O) groups is 3. The van der Waals surface area contributed by atoms with Crippen molar-refractivity contribution in [3.8, 4) is 0 Å². The first kappa shape index (κ1) is 20.7. The van der Waals surface area contributed by atoms with Crippen molar-refractivity contribution in [2.24, 2.45) is 11.8 Å². The third-order valence-corrected chi connectivity index (χ3v) is 5.49. The van der Waals surface area contributed by atoms with Crippen molar-refractivity contribution in [1.82, 2.24) is 15.5 Å². The Morgan fingerprint density at radius 1 is 1.08 bits per heavy atom. The standard InChI is InChI=1S/C19H33N3O4/c1-22-13-16(21-19(25)14-6-3-4-7-14)9-5-8-15(12-17(22)23)18(24)20-10-11-26-2/h14-16H,3-13H2,1-2H3,(H,20,24)(H,21,25)/t15-,16-/m1/s1. The summed E-state index contributed by atoms with van der Waals surface area (Å²) in [6.45, 7) is 1.42. The van der Waals surface area contributed by atoms with Crippen LogP contribution in [0.15, 0.2) is 0 Å². The highest BCUT2D eigenvalue weighted by molar-refractivity contribution is 5.86. The quantitative estimate of drug-likeness (QED) is 0.688. The third kappa shape index (κ3) is 6.27. The summed E-state index contributed by atoms with van der Waals surface area (Å²) in [6, 6.07) is -0.0349. The molecule has 1 aliphatic carbocycles. The largest absolute Gasteiger partial charge is 0.383 e. The average molecular weight is 367 g/mol. The Bertz CT molecular complexity index is 491. The Labute approximate surface area is 156 Å². The first-order valence-corrected chi connectivity index (χ1v) is 9.82. The number of nitrogens with one attached hydrogen (secondary N) is 2. The van der Waals surface area contributed by atoms with E-state index in [0.717, 1.165) is 38.5 Å². The molecule has 1 heterocycles. The van der Waals surface area contributed by atoms with E-state index in [4.69, 9.17) is 4.74 Å². The van der Waals surface area contributed by atoms with Crippen molar-refractivity contribution in [2.45, 2.75) is 57.4 Å². The molecule has 0 aromatic carbocycles. The third-order valence-electron chi connectivity index (χ3n) is 5.49. The molecule has 1 saturated heterocycles. The van der Waals surface area contributed by atoms with Gasteiger partial charge in [0.1, 0.15) is 0 Å². The van der Waals surface area contributed by atoms with Gasteiger partial charge in [-0.3, -0.25) is 14.4 Å². The summed E-state index contributed by atoms with van der Waals surface area (Å²) in [5, 5.41) is 5.98. The molecule has 0 radical (unpaired) electrons. The molecule has 0 aromatic heterocycles. The molecule has 3 amide bonds. The molecule has 0 unspecified atom stereocenters. The number of hydrogen-bond donors (Lipinski definition) is 2. The Kier molecular flexibility index (Phi) is 8.35. The molecule has 148 valence electrons. The van der Waals surface area contributed by atoms with Gasteiger partial charge in [-0.25, -0.2) is 0 Å². The van der Waals surface area contributed by atoms with Gasteiger partial charge in [-0.2, -0.15) is 0 Å². The number of carbonyl (C=O) groups excluding carboxylic acids is 3. The zero-order valence-corrected chi connectivity index (χ0v) is 16.1. The van der Waals surface area contributed by atoms with E-state index in [1.165, 1.54) is 0 Å². The number of nitrogens with zero attached hydrogens (tertiary/aromatic N) is 1. The van der Waals surface area contributed by atoms with Crippen LogP contribution in [0.3, 0.4) is 0 Å². The summed E-state index contributed by atoms with van der Waals surface area (Å²) in [5.41, 5.74) is 0. The van der Waals surface area contributed by atoms with Gasteiger partial charge in [0.2, 0.25) is 17.7 Å². The Morgan fingerprint density at radius 3 is 2.46 bits per heavy atom. The summed E-state index contributed by atoms with van der Waals surface area (Å²) in [4.78, 5) is 38.9. The fourth-order valence-electron chi connectivity index (χ4n) is 3.87. The molecule has 2 rings (SSSR count). The van der Waals surface area contributed by atoms with Crippen LogP contribution in [0.1, 0.15) is 51.4 Å². The van der Waals surface area contributed by atoms with Crippen LogP contribution in [0.5, 0.6) is 0 Å². The first-order chi connectivity index (χ1) is 12.5. The van der Waals surface area contributed by atoms with E-state index in [9.17, 15) is 14.4 Å². The predicted molar refractivity (Wildman–Crippen MR) is 98.4 cm³/mol. The van der Waals surface area contributed by atoms with Gasteiger partial charge in [0.05, 0.1) is 6.61 Å². The van der Waals surface area contributed by atoms with Gasteiger partial charge in [-0.1, -0.05) is 19.3 Å². The average Bonchev–Trinajstić information content (AvgIpc) is 3.15. The summed E-state index contributed by atoms with van der Waals surface area (Å²) >= 11 is 0. The van der Waals surface area contributed by atoms with Crippen LogP contribution in [-0.2, 0) is 19.1 Å². The van der Waals surface area contributed by atoms with Gasteiger partial charge < -0.3 is 20.3 Å². The molecular weight excluding hydrogens is 334 g/mol. The molecule has 0 spiro atoms. The topological polar surface area (TPSA) is 87.7 Å². The van der Waals surface area contributed by atoms with E-state index >= 15 is 0 Å². The highest BCUT2D eigenvalue weighted by Gasteiger charge is 2.29. The van der Waals surface area contributed by atoms with Crippen molar-refractivity contribution in [2.75, 3.05) is 33.9 Å². The minimum absolute atomic E-state index is 0.0349. The lowest BCUT2D eigenvalue weighted by molar-refractivity contribution is -0.135. The van der Waals surface area contributed by atoms with Crippen LogP contribution in [0.25, 0.3) is 0 Å². The van der Waals surface area contributed by atoms with E-state index in [2.05, 4.69) is 10.6 Å². The molecule has 2 atom stereocenters. The number of hydrogen-bond acceptors (Lipinski definition) is 4. The highest BCUT2D eigenvalue weighted by atomic mass is 16.5. The van der Waals surface area contributed by atoms with Gasteiger partial charge in [-0.05, 0) is 25.7 Å². The lowest BCUT2D eigenvalue weighted by atomic mass is 9.96. The molecule has 1 aliphatic heterocycles. The second kappa shape index (κ2) is 10.5. The van der Waals surface area contributed by atoms with Crippen molar-refractivity contribution < 1.29 is 19.1 Å². The predicted octanol–water partition coefficient (Wildman–Crippen LogP) is 1.07. The van der Waals surface area contributed by atoms with Crippen LogP contribution in [0, 0.1) is 11.8 Å². The molecular formula is C19H33N3O4. The fraction of sp³-hybridized carbons (Fsp3) is 0.842. The molecule has 7 heteroatoms. The molecule has 2 aliphatic rings. The van der Waals surface area contributed by atoms with Gasteiger partial charge in [0.15, 0.2) is 0 Å². The number of likely N-dealkylation sites (N-methyl/N-ethyl adjacent to an activating group) is 1. The Balaban J connectivity index is 1.90. The number of amides is 3.